The molecule has 0 atom stereocenters. The van der Waals surface area contributed by atoms with E-state index in [1.54, 1.807) is 18.2 Å². The van der Waals surface area contributed by atoms with E-state index in [-0.39, 0.29) is 15.3 Å². The molecule has 1 aliphatic carbocycles. The molecule has 0 heterocycles. The monoisotopic (exact) mass is 316 g/mol. The van der Waals surface area contributed by atoms with Crippen molar-refractivity contribution in [3.05, 3.63) is 28.8 Å². The van der Waals surface area contributed by atoms with Crippen LogP contribution in [0.2, 0.25) is 5.02 Å². The van der Waals surface area contributed by atoms with Crippen LogP contribution in [0.25, 0.3) is 0 Å². The van der Waals surface area contributed by atoms with Crippen molar-refractivity contribution in [2.24, 2.45) is 11.1 Å². The van der Waals surface area contributed by atoms with Gasteiger partial charge in [-0.25, -0.2) is 13.1 Å². The van der Waals surface area contributed by atoms with E-state index < -0.39 is 10.0 Å². The van der Waals surface area contributed by atoms with Gasteiger partial charge in [-0.15, -0.1) is 0 Å². The van der Waals surface area contributed by atoms with Crippen molar-refractivity contribution in [3.8, 4) is 0 Å². The van der Waals surface area contributed by atoms with Crippen LogP contribution in [-0.2, 0) is 16.6 Å². The normalized spacial score (nSPS) is 17.8. The van der Waals surface area contributed by atoms with Crippen LogP contribution in [0.4, 0.5) is 0 Å². The number of halogens is 1. The second kappa shape index (κ2) is 6.02. The van der Waals surface area contributed by atoms with E-state index in [1.807, 2.05) is 0 Å². The lowest BCUT2D eigenvalue weighted by Gasteiger charge is -2.41. The Bertz CT molecular complexity index is 577. The van der Waals surface area contributed by atoms with Crippen LogP contribution in [0.3, 0.4) is 0 Å². The molecule has 1 fully saturated rings. The molecule has 1 aromatic carbocycles. The molecule has 1 aliphatic rings. The molecule has 20 heavy (non-hydrogen) atoms. The fourth-order valence-electron chi connectivity index (χ4n) is 2.54. The molecule has 0 amide bonds. The summed E-state index contributed by atoms with van der Waals surface area (Å²) in [6.07, 6.45) is 4.34. The highest BCUT2D eigenvalue weighted by Crippen LogP contribution is 2.43. The number of nitrogens with one attached hydrogen (secondary N) is 1. The molecular formula is C14H21ClN2O2S. The van der Waals surface area contributed by atoms with Gasteiger partial charge < -0.3 is 5.73 Å². The van der Waals surface area contributed by atoms with Gasteiger partial charge in [0.25, 0.3) is 0 Å². The molecule has 1 aromatic rings. The van der Waals surface area contributed by atoms with Gasteiger partial charge in [-0.05, 0) is 42.4 Å². The molecule has 0 unspecified atom stereocenters. The van der Waals surface area contributed by atoms with Gasteiger partial charge in [0.2, 0.25) is 10.0 Å². The highest BCUT2D eigenvalue weighted by Gasteiger charge is 2.36. The third-order valence-electron chi connectivity index (χ3n) is 4.32. The van der Waals surface area contributed by atoms with Crippen molar-refractivity contribution < 1.29 is 8.42 Å². The summed E-state index contributed by atoms with van der Waals surface area (Å²) < 4.78 is 27.5. The van der Waals surface area contributed by atoms with Crippen molar-refractivity contribution in [2.45, 2.75) is 44.0 Å². The SMILES string of the molecule is CCC1(CNS(=O)(=O)c2cc(CN)ccc2Cl)CCC1. The van der Waals surface area contributed by atoms with E-state index in [0.29, 0.717) is 13.1 Å². The van der Waals surface area contributed by atoms with E-state index in [0.717, 1.165) is 24.8 Å². The van der Waals surface area contributed by atoms with Crippen molar-refractivity contribution in [1.82, 2.24) is 4.72 Å². The van der Waals surface area contributed by atoms with Gasteiger partial charge in [0.15, 0.2) is 0 Å². The zero-order chi connectivity index (χ0) is 14.8. The predicted molar refractivity (Wildman–Crippen MR) is 81.1 cm³/mol. The van der Waals surface area contributed by atoms with Crippen LogP contribution >= 0.6 is 11.6 Å². The Morgan fingerprint density at radius 3 is 2.60 bits per heavy atom. The highest BCUT2D eigenvalue weighted by molar-refractivity contribution is 7.89. The fourth-order valence-corrected chi connectivity index (χ4v) is 4.24. The number of rotatable bonds is 6. The molecule has 6 heteroatoms. The summed E-state index contributed by atoms with van der Waals surface area (Å²) in [6, 6.07) is 4.86. The summed E-state index contributed by atoms with van der Waals surface area (Å²) in [5.41, 5.74) is 6.43. The van der Waals surface area contributed by atoms with Crippen molar-refractivity contribution in [2.75, 3.05) is 6.54 Å². The Morgan fingerprint density at radius 1 is 1.40 bits per heavy atom. The quantitative estimate of drug-likeness (QED) is 0.847. The van der Waals surface area contributed by atoms with E-state index in [9.17, 15) is 8.42 Å². The summed E-state index contributed by atoms with van der Waals surface area (Å²) in [5, 5.41) is 0.230. The smallest absolute Gasteiger partial charge is 0.242 e. The molecule has 1 saturated carbocycles. The van der Waals surface area contributed by atoms with Crippen LogP contribution in [0.5, 0.6) is 0 Å². The first-order valence-electron chi connectivity index (χ1n) is 6.91. The minimum absolute atomic E-state index is 0.118. The van der Waals surface area contributed by atoms with Crippen molar-refractivity contribution >= 4 is 21.6 Å². The van der Waals surface area contributed by atoms with E-state index in [2.05, 4.69) is 11.6 Å². The van der Waals surface area contributed by atoms with E-state index >= 15 is 0 Å². The van der Waals surface area contributed by atoms with Crippen LogP contribution in [0, 0.1) is 5.41 Å². The third kappa shape index (κ3) is 3.17. The Morgan fingerprint density at radius 2 is 2.10 bits per heavy atom. The first-order chi connectivity index (χ1) is 9.42. The average molecular weight is 317 g/mol. The Hall–Kier alpha value is -0.620. The number of nitrogens with two attached hydrogens (primary N) is 1. The summed E-state index contributed by atoms with van der Waals surface area (Å²) >= 11 is 6.01. The Kier molecular flexibility index (Phi) is 4.74. The zero-order valence-corrected chi connectivity index (χ0v) is 13.2. The molecule has 3 N–H and O–H groups in total. The second-order valence-electron chi connectivity index (χ2n) is 5.50. The summed E-state index contributed by atoms with van der Waals surface area (Å²) in [7, 11) is -3.58. The lowest BCUT2D eigenvalue weighted by molar-refractivity contribution is 0.133. The van der Waals surface area contributed by atoms with Crippen molar-refractivity contribution in [1.29, 1.82) is 0 Å². The number of hydrogen-bond acceptors (Lipinski definition) is 3. The first-order valence-corrected chi connectivity index (χ1v) is 8.77. The maximum absolute atomic E-state index is 12.4. The van der Waals surface area contributed by atoms with Crippen LogP contribution < -0.4 is 10.5 Å². The van der Waals surface area contributed by atoms with Gasteiger partial charge in [-0.2, -0.15) is 0 Å². The topological polar surface area (TPSA) is 72.2 Å². The summed E-state index contributed by atoms with van der Waals surface area (Å²) in [6.45, 7) is 2.88. The average Bonchev–Trinajstić information content (AvgIpc) is 2.38. The molecule has 112 valence electrons. The summed E-state index contributed by atoms with van der Waals surface area (Å²) in [4.78, 5) is 0.118. The minimum Gasteiger partial charge on any atom is -0.326 e. The molecule has 2 rings (SSSR count). The van der Waals surface area contributed by atoms with E-state index in [4.69, 9.17) is 17.3 Å². The van der Waals surface area contributed by atoms with Gasteiger partial charge in [0, 0.05) is 13.1 Å². The molecule has 0 spiro atoms. The molecule has 0 bridgehead atoms. The van der Waals surface area contributed by atoms with Gasteiger partial charge in [-0.1, -0.05) is 31.0 Å². The van der Waals surface area contributed by atoms with Gasteiger partial charge in [0.05, 0.1) is 5.02 Å². The lowest BCUT2D eigenvalue weighted by atomic mass is 9.67. The lowest BCUT2D eigenvalue weighted by Crippen LogP contribution is -2.41. The largest absolute Gasteiger partial charge is 0.326 e. The van der Waals surface area contributed by atoms with E-state index in [1.165, 1.54) is 6.42 Å². The minimum atomic E-state index is -3.58. The molecular weight excluding hydrogens is 296 g/mol. The van der Waals surface area contributed by atoms with Gasteiger partial charge >= 0.3 is 0 Å². The molecule has 0 radical (unpaired) electrons. The van der Waals surface area contributed by atoms with Crippen molar-refractivity contribution in [3.63, 3.8) is 0 Å². The Balaban J connectivity index is 2.18. The number of sulfonamides is 1. The van der Waals surface area contributed by atoms with Crippen LogP contribution in [-0.4, -0.2) is 15.0 Å². The fraction of sp³-hybridized carbons (Fsp3) is 0.571. The molecule has 0 aromatic heterocycles. The maximum Gasteiger partial charge on any atom is 0.242 e. The first kappa shape index (κ1) is 15.8. The van der Waals surface area contributed by atoms with Gasteiger partial charge in [0.1, 0.15) is 4.90 Å². The maximum atomic E-state index is 12.4. The van der Waals surface area contributed by atoms with Crippen LogP contribution in [0.15, 0.2) is 23.1 Å². The molecule has 4 nitrogen and oxygen atoms in total. The second-order valence-corrected chi connectivity index (χ2v) is 7.64. The molecule has 0 aliphatic heterocycles. The van der Waals surface area contributed by atoms with Gasteiger partial charge in [-0.3, -0.25) is 0 Å². The number of hydrogen-bond donors (Lipinski definition) is 2. The zero-order valence-electron chi connectivity index (χ0n) is 11.7. The predicted octanol–water partition coefficient (Wildman–Crippen LogP) is 2.66. The summed E-state index contributed by atoms with van der Waals surface area (Å²) in [5.74, 6) is 0. The third-order valence-corrected chi connectivity index (χ3v) is 6.21. The Labute approximate surface area is 125 Å². The molecule has 0 saturated heterocycles. The highest BCUT2D eigenvalue weighted by atomic mass is 35.5. The van der Waals surface area contributed by atoms with Crippen LogP contribution in [0.1, 0.15) is 38.2 Å². The number of benzene rings is 1. The standard InChI is InChI=1S/C14H21ClN2O2S/c1-2-14(6-3-7-14)10-17-20(18,19)13-8-11(9-16)4-5-12(13)15/h4-5,8,17H,2-3,6-7,9-10,16H2,1H3.